The molecule has 0 aliphatic heterocycles. The normalized spacial score (nSPS) is 11.3. The molecule has 6 nitrogen and oxygen atoms in total. The number of rotatable bonds is 5. The van der Waals surface area contributed by atoms with E-state index >= 15 is 0 Å². The number of carbonyl (C=O) groups is 1. The molecule has 152 valence electrons. The molecule has 1 heterocycles. The molecule has 1 aromatic heterocycles. The lowest BCUT2D eigenvalue weighted by atomic mass is 10.2. The fourth-order valence-corrected chi connectivity index (χ4v) is 5.28. The quantitative estimate of drug-likeness (QED) is 0.568. The molecule has 0 saturated carbocycles. The third kappa shape index (κ3) is 4.77. The molecule has 3 aromatic rings. The van der Waals surface area contributed by atoms with Gasteiger partial charge in [-0.3, -0.25) is 9.52 Å². The van der Waals surface area contributed by atoms with E-state index in [9.17, 15) is 13.2 Å². The number of carbonyl (C=O) groups excluding carboxylic acids is 1. The van der Waals surface area contributed by atoms with Crippen molar-refractivity contribution in [2.75, 3.05) is 10.0 Å². The summed E-state index contributed by atoms with van der Waals surface area (Å²) in [5, 5.41) is 3.44. The first kappa shape index (κ1) is 21.3. The first-order valence-electron chi connectivity index (χ1n) is 8.72. The van der Waals surface area contributed by atoms with Gasteiger partial charge in [0.25, 0.3) is 15.9 Å². The molecular formula is C20H20ClN3O3S2. The Labute approximate surface area is 179 Å². The second-order valence-corrected chi connectivity index (χ2v) is 9.78. The number of nitrogens with zero attached hydrogens (tertiary/aromatic N) is 1. The van der Waals surface area contributed by atoms with Crippen LogP contribution in [0.15, 0.2) is 41.3 Å². The molecule has 2 aromatic carbocycles. The van der Waals surface area contributed by atoms with Crippen LogP contribution in [0.5, 0.6) is 0 Å². The molecule has 0 unspecified atom stereocenters. The fourth-order valence-electron chi connectivity index (χ4n) is 2.78. The average Bonchev–Trinajstić information content (AvgIpc) is 2.97. The van der Waals surface area contributed by atoms with E-state index in [1.54, 1.807) is 50.2 Å². The highest BCUT2D eigenvalue weighted by Gasteiger charge is 2.22. The summed E-state index contributed by atoms with van der Waals surface area (Å²) in [6.07, 6.45) is 0. The Kier molecular flexibility index (Phi) is 5.97. The van der Waals surface area contributed by atoms with Crippen LogP contribution in [0, 0.1) is 27.7 Å². The van der Waals surface area contributed by atoms with Crippen molar-refractivity contribution in [1.29, 1.82) is 0 Å². The minimum absolute atomic E-state index is 0.134. The lowest BCUT2D eigenvalue weighted by Gasteiger charge is -2.08. The number of hydrogen-bond donors (Lipinski definition) is 2. The standard InChI is InChI=1S/C20H20ClN3O3S2/c1-11-5-8-17(13(3)9-11)29(26,27)24-20-22-14(4)18(28-20)19(25)23-15-7-6-12(2)16(21)10-15/h5-10H,1-4H3,(H,22,24)(H,23,25). The van der Waals surface area contributed by atoms with Crippen LogP contribution < -0.4 is 10.0 Å². The summed E-state index contributed by atoms with van der Waals surface area (Å²) in [6.45, 7) is 7.16. The van der Waals surface area contributed by atoms with Crippen LogP contribution in [-0.2, 0) is 10.0 Å². The van der Waals surface area contributed by atoms with Crippen LogP contribution in [0.3, 0.4) is 0 Å². The van der Waals surface area contributed by atoms with Gasteiger partial charge in [-0.05, 0) is 57.0 Å². The van der Waals surface area contributed by atoms with Crippen molar-refractivity contribution in [2.24, 2.45) is 0 Å². The summed E-state index contributed by atoms with van der Waals surface area (Å²) >= 11 is 7.07. The number of aryl methyl sites for hydroxylation is 4. The molecule has 0 aliphatic carbocycles. The Balaban J connectivity index is 1.82. The van der Waals surface area contributed by atoms with Crippen molar-refractivity contribution in [2.45, 2.75) is 32.6 Å². The van der Waals surface area contributed by atoms with E-state index in [1.807, 2.05) is 13.8 Å². The number of amides is 1. The Morgan fingerprint density at radius 2 is 1.76 bits per heavy atom. The Morgan fingerprint density at radius 3 is 2.41 bits per heavy atom. The van der Waals surface area contributed by atoms with Crippen LogP contribution in [-0.4, -0.2) is 19.3 Å². The van der Waals surface area contributed by atoms with Gasteiger partial charge in [0.1, 0.15) is 4.88 Å². The van der Waals surface area contributed by atoms with Gasteiger partial charge >= 0.3 is 0 Å². The van der Waals surface area contributed by atoms with Crippen LogP contribution in [0.4, 0.5) is 10.8 Å². The second kappa shape index (κ2) is 8.14. The highest BCUT2D eigenvalue weighted by Crippen LogP contribution is 2.28. The van der Waals surface area contributed by atoms with Gasteiger partial charge < -0.3 is 5.32 Å². The SMILES string of the molecule is Cc1ccc(S(=O)(=O)Nc2nc(C)c(C(=O)Nc3ccc(C)c(Cl)c3)s2)c(C)c1. The van der Waals surface area contributed by atoms with Crippen molar-refractivity contribution in [3.63, 3.8) is 0 Å². The molecule has 0 aliphatic rings. The number of hydrogen-bond acceptors (Lipinski definition) is 5. The summed E-state index contributed by atoms with van der Waals surface area (Å²) in [4.78, 5) is 17.3. The maximum Gasteiger partial charge on any atom is 0.267 e. The molecule has 9 heteroatoms. The fraction of sp³-hybridized carbons (Fsp3) is 0.200. The Bertz CT molecular complexity index is 1200. The topological polar surface area (TPSA) is 88.2 Å². The molecule has 2 N–H and O–H groups in total. The summed E-state index contributed by atoms with van der Waals surface area (Å²) in [7, 11) is -3.81. The van der Waals surface area contributed by atoms with E-state index in [0.717, 1.165) is 22.5 Å². The monoisotopic (exact) mass is 449 g/mol. The molecular weight excluding hydrogens is 430 g/mol. The second-order valence-electron chi connectivity index (χ2n) is 6.73. The minimum Gasteiger partial charge on any atom is -0.321 e. The third-order valence-electron chi connectivity index (χ3n) is 4.27. The van der Waals surface area contributed by atoms with Crippen molar-refractivity contribution < 1.29 is 13.2 Å². The number of thiazole rings is 1. The van der Waals surface area contributed by atoms with Gasteiger partial charge in [-0.2, -0.15) is 0 Å². The van der Waals surface area contributed by atoms with Crippen LogP contribution in [0.25, 0.3) is 0 Å². The molecule has 0 saturated heterocycles. The first-order chi connectivity index (χ1) is 13.6. The van der Waals surface area contributed by atoms with Crippen molar-refractivity contribution >= 4 is 49.7 Å². The van der Waals surface area contributed by atoms with Crippen LogP contribution >= 0.6 is 22.9 Å². The minimum atomic E-state index is -3.81. The first-order valence-corrected chi connectivity index (χ1v) is 11.4. The number of anilines is 2. The average molecular weight is 450 g/mol. The van der Waals surface area contributed by atoms with Crippen LogP contribution in [0.2, 0.25) is 5.02 Å². The van der Waals surface area contributed by atoms with E-state index in [-0.39, 0.29) is 15.9 Å². The molecule has 0 spiro atoms. The molecule has 0 fully saturated rings. The zero-order valence-corrected chi connectivity index (χ0v) is 18.7. The van der Waals surface area contributed by atoms with Gasteiger partial charge in [0.2, 0.25) is 0 Å². The Hall–Kier alpha value is -2.42. The molecule has 29 heavy (non-hydrogen) atoms. The summed E-state index contributed by atoms with van der Waals surface area (Å²) < 4.78 is 27.9. The zero-order valence-electron chi connectivity index (χ0n) is 16.3. The summed E-state index contributed by atoms with van der Waals surface area (Å²) in [5.74, 6) is -0.378. The van der Waals surface area contributed by atoms with Crippen molar-refractivity contribution in [1.82, 2.24) is 4.98 Å². The largest absolute Gasteiger partial charge is 0.321 e. The highest BCUT2D eigenvalue weighted by molar-refractivity contribution is 7.93. The highest BCUT2D eigenvalue weighted by atomic mass is 35.5. The lowest BCUT2D eigenvalue weighted by molar-refractivity contribution is 0.103. The summed E-state index contributed by atoms with van der Waals surface area (Å²) in [6, 6.07) is 10.3. The maximum atomic E-state index is 12.7. The van der Waals surface area contributed by atoms with Crippen molar-refractivity contribution in [3.05, 3.63) is 68.7 Å². The number of halogens is 1. The number of nitrogens with one attached hydrogen (secondary N) is 2. The van der Waals surface area contributed by atoms with E-state index in [0.29, 0.717) is 26.8 Å². The van der Waals surface area contributed by atoms with E-state index in [1.165, 1.54) is 0 Å². The van der Waals surface area contributed by atoms with Gasteiger partial charge in [-0.15, -0.1) is 0 Å². The van der Waals surface area contributed by atoms with Crippen LogP contribution in [0.1, 0.15) is 32.1 Å². The van der Waals surface area contributed by atoms with Gasteiger partial charge in [-0.1, -0.05) is 46.7 Å². The molecule has 0 bridgehead atoms. The van der Waals surface area contributed by atoms with Gasteiger partial charge in [0, 0.05) is 10.7 Å². The van der Waals surface area contributed by atoms with Gasteiger partial charge in [-0.25, -0.2) is 13.4 Å². The van der Waals surface area contributed by atoms with E-state index in [2.05, 4.69) is 15.0 Å². The summed E-state index contributed by atoms with van der Waals surface area (Å²) in [5.41, 5.74) is 3.50. The Morgan fingerprint density at radius 1 is 1.03 bits per heavy atom. The zero-order chi connectivity index (χ0) is 21.3. The molecule has 1 amide bonds. The predicted molar refractivity (Wildman–Crippen MR) is 118 cm³/mol. The van der Waals surface area contributed by atoms with Crippen molar-refractivity contribution in [3.8, 4) is 0 Å². The van der Waals surface area contributed by atoms with E-state index < -0.39 is 10.0 Å². The molecule has 0 radical (unpaired) electrons. The maximum absolute atomic E-state index is 12.7. The number of benzene rings is 2. The number of aromatic nitrogens is 1. The predicted octanol–water partition coefficient (Wildman–Crippen LogP) is 5.08. The number of sulfonamides is 1. The third-order valence-corrected chi connectivity index (χ3v) is 7.38. The van der Waals surface area contributed by atoms with Gasteiger partial charge in [0.05, 0.1) is 10.6 Å². The molecule has 3 rings (SSSR count). The molecule has 0 atom stereocenters. The van der Waals surface area contributed by atoms with Gasteiger partial charge in [0.15, 0.2) is 5.13 Å². The lowest BCUT2D eigenvalue weighted by Crippen LogP contribution is -2.14. The smallest absolute Gasteiger partial charge is 0.267 e. The van der Waals surface area contributed by atoms with E-state index in [4.69, 9.17) is 11.6 Å².